The predicted octanol–water partition coefficient (Wildman–Crippen LogP) is 3.26. The second kappa shape index (κ2) is 8.25. The van der Waals surface area contributed by atoms with Gasteiger partial charge in [-0.25, -0.2) is 0 Å². The van der Waals surface area contributed by atoms with E-state index >= 15 is 0 Å². The summed E-state index contributed by atoms with van der Waals surface area (Å²) < 4.78 is 5.55. The molecule has 1 saturated heterocycles. The van der Waals surface area contributed by atoms with Gasteiger partial charge in [-0.3, -0.25) is 4.79 Å². The quantitative estimate of drug-likeness (QED) is 0.758. The van der Waals surface area contributed by atoms with Gasteiger partial charge in [0.15, 0.2) is 0 Å². The van der Waals surface area contributed by atoms with Crippen LogP contribution >= 0.6 is 15.9 Å². The Morgan fingerprint density at radius 2 is 1.95 bits per heavy atom. The molecule has 0 aromatic carbocycles. The Bertz CT molecular complexity index is 279. The monoisotopic (exact) mass is 331 g/mol. The Morgan fingerprint density at radius 1 is 1.16 bits per heavy atom. The van der Waals surface area contributed by atoms with E-state index < -0.39 is 0 Å². The van der Waals surface area contributed by atoms with Crippen LogP contribution < -0.4 is 5.32 Å². The van der Waals surface area contributed by atoms with Crippen LogP contribution in [0.2, 0.25) is 0 Å². The molecule has 1 aliphatic carbocycles. The first-order chi connectivity index (χ1) is 9.29. The zero-order chi connectivity index (χ0) is 13.5. The first kappa shape index (κ1) is 15.3. The molecule has 1 saturated carbocycles. The van der Waals surface area contributed by atoms with Gasteiger partial charge in [-0.1, -0.05) is 28.8 Å². The molecule has 0 aromatic rings. The molecule has 0 spiro atoms. The molecule has 0 bridgehead atoms. The minimum atomic E-state index is 0.203. The van der Waals surface area contributed by atoms with Crippen molar-refractivity contribution < 1.29 is 9.53 Å². The van der Waals surface area contributed by atoms with Gasteiger partial charge in [0, 0.05) is 24.9 Å². The lowest BCUT2D eigenvalue weighted by molar-refractivity contribution is -0.122. The summed E-state index contributed by atoms with van der Waals surface area (Å²) in [7, 11) is 0. The third kappa shape index (κ3) is 5.07. The van der Waals surface area contributed by atoms with Crippen molar-refractivity contribution in [2.75, 3.05) is 18.5 Å². The zero-order valence-corrected chi connectivity index (χ0v) is 13.3. The lowest BCUT2D eigenvalue weighted by atomic mass is 9.80. The Kier molecular flexibility index (Phi) is 6.65. The number of carbonyl (C=O) groups is 1. The van der Waals surface area contributed by atoms with E-state index in [1.807, 2.05) is 0 Å². The first-order valence-corrected chi connectivity index (χ1v) is 8.86. The van der Waals surface area contributed by atoms with Crippen LogP contribution in [-0.4, -0.2) is 30.5 Å². The van der Waals surface area contributed by atoms with Crippen LogP contribution in [-0.2, 0) is 9.53 Å². The zero-order valence-electron chi connectivity index (χ0n) is 11.7. The highest BCUT2D eigenvalue weighted by Crippen LogP contribution is 2.30. The van der Waals surface area contributed by atoms with Crippen molar-refractivity contribution in [2.45, 2.75) is 57.5 Å². The van der Waals surface area contributed by atoms with Gasteiger partial charge in [-0.2, -0.15) is 0 Å². The van der Waals surface area contributed by atoms with E-state index in [1.165, 1.54) is 25.7 Å². The maximum absolute atomic E-state index is 11.9. The highest BCUT2D eigenvalue weighted by Gasteiger charge is 2.24. The predicted molar refractivity (Wildman–Crippen MR) is 80.5 cm³/mol. The molecule has 110 valence electrons. The highest BCUT2D eigenvalue weighted by molar-refractivity contribution is 9.09. The molecule has 1 amide bonds. The van der Waals surface area contributed by atoms with Gasteiger partial charge >= 0.3 is 0 Å². The maximum Gasteiger partial charge on any atom is 0.220 e. The van der Waals surface area contributed by atoms with Gasteiger partial charge in [-0.05, 0) is 43.9 Å². The van der Waals surface area contributed by atoms with Crippen LogP contribution in [0.15, 0.2) is 0 Å². The normalized spacial score (nSPS) is 31.3. The van der Waals surface area contributed by atoms with Crippen LogP contribution in [0.1, 0.15) is 51.4 Å². The van der Waals surface area contributed by atoms with E-state index in [1.54, 1.807) is 0 Å². The third-order valence-corrected chi connectivity index (χ3v) is 5.38. The fraction of sp³-hybridized carbons (Fsp3) is 0.933. The van der Waals surface area contributed by atoms with Crippen molar-refractivity contribution in [3.63, 3.8) is 0 Å². The minimum Gasteiger partial charge on any atom is -0.378 e. The number of alkyl halides is 1. The maximum atomic E-state index is 11.9. The van der Waals surface area contributed by atoms with E-state index in [-0.39, 0.29) is 5.91 Å². The smallest absolute Gasteiger partial charge is 0.220 e. The molecule has 19 heavy (non-hydrogen) atoms. The molecule has 3 atom stereocenters. The van der Waals surface area contributed by atoms with Gasteiger partial charge in [-0.15, -0.1) is 0 Å². The summed E-state index contributed by atoms with van der Waals surface area (Å²) in [6, 6.07) is 0. The van der Waals surface area contributed by atoms with Gasteiger partial charge in [0.25, 0.3) is 0 Å². The lowest BCUT2D eigenvalue weighted by Gasteiger charge is -2.30. The molecule has 2 rings (SSSR count). The molecule has 2 aliphatic rings. The molecule has 2 fully saturated rings. The number of nitrogens with one attached hydrogen (secondary N) is 1. The van der Waals surface area contributed by atoms with E-state index in [0.29, 0.717) is 18.4 Å². The molecule has 1 aliphatic heterocycles. The number of hydrogen-bond acceptors (Lipinski definition) is 2. The largest absolute Gasteiger partial charge is 0.378 e. The first-order valence-electron chi connectivity index (χ1n) is 7.74. The summed E-state index contributed by atoms with van der Waals surface area (Å²) in [5.74, 6) is 1.61. The van der Waals surface area contributed by atoms with Gasteiger partial charge in [0.2, 0.25) is 5.91 Å². The van der Waals surface area contributed by atoms with Crippen LogP contribution in [0.5, 0.6) is 0 Å². The number of ether oxygens (including phenoxy) is 1. The highest BCUT2D eigenvalue weighted by atomic mass is 79.9. The lowest BCUT2D eigenvalue weighted by Crippen LogP contribution is -2.35. The number of hydrogen-bond donors (Lipinski definition) is 1. The molecular formula is C15H26BrNO2. The molecule has 4 heteroatoms. The van der Waals surface area contributed by atoms with Crippen molar-refractivity contribution in [1.82, 2.24) is 5.32 Å². The van der Waals surface area contributed by atoms with Crippen molar-refractivity contribution in [1.29, 1.82) is 0 Å². The molecule has 3 unspecified atom stereocenters. The summed E-state index contributed by atoms with van der Waals surface area (Å²) in [6.07, 6.45) is 9.36. The SMILES string of the molecule is O=C(CCC1CCCO1)NCC1CCCCC1CBr. The molecular weight excluding hydrogens is 306 g/mol. The second-order valence-corrected chi connectivity index (χ2v) is 6.58. The number of carbonyl (C=O) groups excluding carboxylic acids is 1. The van der Waals surface area contributed by atoms with Gasteiger partial charge in [0.1, 0.15) is 0 Å². The Hall–Kier alpha value is -0.0900. The number of amides is 1. The molecule has 1 heterocycles. The average Bonchev–Trinajstić information content (AvgIpc) is 2.96. The summed E-state index contributed by atoms with van der Waals surface area (Å²) in [5, 5.41) is 4.20. The number of halogens is 1. The van der Waals surface area contributed by atoms with Crippen LogP contribution in [0.25, 0.3) is 0 Å². The Balaban J connectivity index is 1.61. The van der Waals surface area contributed by atoms with Gasteiger partial charge in [0.05, 0.1) is 6.10 Å². The van der Waals surface area contributed by atoms with E-state index in [2.05, 4.69) is 21.2 Å². The van der Waals surface area contributed by atoms with Crippen molar-refractivity contribution in [3.05, 3.63) is 0 Å². The van der Waals surface area contributed by atoms with E-state index in [9.17, 15) is 4.79 Å². The van der Waals surface area contributed by atoms with Crippen LogP contribution in [0.3, 0.4) is 0 Å². The Morgan fingerprint density at radius 3 is 2.63 bits per heavy atom. The molecule has 1 N–H and O–H groups in total. The number of rotatable bonds is 6. The van der Waals surface area contributed by atoms with Crippen molar-refractivity contribution >= 4 is 21.8 Å². The average molecular weight is 332 g/mol. The van der Waals surface area contributed by atoms with Gasteiger partial charge < -0.3 is 10.1 Å². The minimum absolute atomic E-state index is 0.203. The standard InChI is InChI=1S/C15H26BrNO2/c16-10-12-4-1-2-5-13(12)11-17-15(18)8-7-14-6-3-9-19-14/h12-14H,1-11H2,(H,17,18). The van der Waals surface area contributed by atoms with Crippen molar-refractivity contribution in [3.8, 4) is 0 Å². The summed E-state index contributed by atoms with van der Waals surface area (Å²) in [6.45, 7) is 1.74. The fourth-order valence-corrected chi connectivity index (χ4v) is 4.11. The molecule has 3 nitrogen and oxygen atoms in total. The molecule has 0 aromatic heterocycles. The van der Waals surface area contributed by atoms with Crippen LogP contribution in [0.4, 0.5) is 0 Å². The van der Waals surface area contributed by atoms with Crippen LogP contribution in [0, 0.1) is 11.8 Å². The summed E-state index contributed by atoms with van der Waals surface area (Å²) in [5.41, 5.74) is 0. The van der Waals surface area contributed by atoms with E-state index in [0.717, 1.165) is 43.7 Å². The summed E-state index contributed by atoms with van der Waals surface area (Å²) in [4.78, 5) is 11.9. The van der Waals surface area contributed by atoms with E-state index in [4.69, 9.17) is 4.74 Å². The fourth-order valence-electron chi connectivity index (χ4n) is 3.25. The third-order valence-electron chi connectivity index (χ3n) is 4.54. The second-order valence-electron chi connectivity index (χ2n) is 5.94. The summed E-state index contributed by atoms with van der Waals surface area (Å²) >= 11 is 3.60. The Labute approximate surface area is 125 Å². The van der Waals surface area contributed by atoms with Crippen molar-refractivity contribution in [2.24, 2.45) is 11.8 Å². The topological polar surface area (TPSA) is 38.3 Å². The molecule has 0 radical (unpaired) electrons.